The maximum absolute atomic E-state index is 5.44. The number of anilines is 2. The number of hydrogen-bond acceptors (Lipinski definition) is 7. The van der Waals surface area contributed by atoms with Gasteiger partial charge in [-0.1, -0.05) is 12.1 Å². The zero-order valence-electron chi connectivity index (χ0n) is 18.0. The van der Waals surface area contributed by atoms with Crippen LogP contribution in [0, 0.1) is 0 Å². The van der Waals surface area contributed by atoms with E-state index in [-0.39, 0.29) is 0 Å². The summed E-state index contributed by atoms with van der Waals surface area (Å²) in [6.45, 7) is 0.689. The Labute approximate surface area is 186 Å². The van der Waals surface area contributed by atoms with Crippen molar-refractivity contribution in [3.63, 3.8) is 0 Å². The summed E-state index contributed by atoms with van der Waals surface area (Å²) in [5, 5.41) is 8.14. The fraction of sp³-hybridized carbons (Fsp3) is 0.250. The Balaban J connectivity index is 1.46. The van der Waals surface area contributed by atoms with E-state index in [1.165, 1.54) is 18.5 Å². The molecule has 0 radical (unpaired) electrons. The van der Waals surface area contributed by atoms with Crippen molar-refractivity contribution < 1.29 is 9.47 Å². The smallest absolute Gasteiger partial charge is 0.182 e. The predicted octanol–water partition coefficient (Wildman–Crippen LogP) is 4.42. The van der Waals surface area contributed by atoms with Gasteiger partial charge in [0.2, 0.25) is 0 Å². The van der Waals surface area contributed by atoms with E-state index in [0.717, 1.165) is 22.7 Å². The number of benzene rings is 1. The Kier molecular flexibility index (Phi) is 5.41. The Morgan fingerprint density at radius 3 is 2.50 bits per heavy atom. The lowest BCUT2D eigenvalue weighted by Crippen LogP contribution is -2.06. The van der Waals surface area contributed by atoms with Crippen molar-refractivity contribution in [2.75, 3.05) is 19.5 Å². The van der Waals surface area contributed by atoms with Gasteiger partial charge in [0.15, 0.2) is 17.4 Å². The van der Waals surface area contributed by atoms with Gasteiger partial charge in [0.05, 0.1) is 27.0 Å². The van der Waals surface area contributed by atoms with Crippen molar-refractivity contribution in [2.45, 2.75) is 25.3 Å². The summed E-state index contributed by atoms with van der Waals surface area (Å²) in [4.78, 5) is 13.3. The van der Waals surface area contributed by atoms with Gasteiger partial charge in [-0.2, -0.15) is 5.10 Å². The van der Waals surface area contributed by atoms with Crippen molar-refractivity contribution in [3.05, 3.63) is 72.3 Å². The van der Waals surface area contributed by atoms with Crippen LogP contribution in [-0.4, -0.2) is 39.0 Å². The Hall–Kier alpha value is -3.94. The molecule has 1 aliphatic rings. The van der Waals surface area contributed by atoms with Crippen molar-refractivity contribution in [3.8, 4) is 23.0 Å². The molecule has 1 aliphatic carbocycles. The van der Waals surface area contributed by atoms with Crippen molar-refractivity contribution in [1.82, 2.24) is 24.7 Å². The summed E-state index contributed by atoms with van der Waals surface area (Å²) in [6.07, 6.45) is 7.49. The average molecular weight is 428 g/mol. The van der Waals surface area contributed by atoms with Crippen molar-refractivity contribution >= 4 is 11.5 Å². The standard InChI is InChI=1S/C24H24N6O2/c1-31-19-7-3-16(4-8-19)15-30-21(17-5-6-17)13-20(29-30)23-26-14-22(32-2)24(28-23)27-18-9-11-25-12-10-18/h3-4,7-14,17H,5-6,15H2,1-2H3,(H,25,26,27,28). The first-order valence-electron chi connectivity index (χ1n) is 10.5. The van der Waals surface area contributed by atoms with E-state index in [2.05, 4.69) is 38.2 Å². The molecular formula is C24H24N6O2. The van der Waals surface area contributed by atoms with Gasteiger partial charge in [-0.15, -0.1) is 0 Å². The minimum atomic E-state index is 0.544. The highest BCUT2D eigenvalue weighted by molar-refractivity contribution is 5.64. The lowest BCUT2D eigenvalue weighted by molar-refractivity contribution is 0.413. The molecule has 0 unspecified atom stereocenters. The van der Waals surface area contributed by atoms with Crippen molar-refractivity contribution in [1.29, 1.82) is 0 Å². The van der Waals surface area contributed by atoms with Crippen LogP contribution in [0.2, 0.25) is 0 Å². The molecule has 0 atom stereocenters. The highest BCUT2D eigenvalue weighted by Gasteiger charge is 2.29. The third-order valence-electron chi connectivity index (χ3n) is 5.45. The van der Waals surface area contributed by atoms with Crippen LogP contribution >= 0.6 is 0 Å². The van der Waals surface area contributed by atoms with Gasteiger partial charge >= 0.3 is 0 Å². The number of rotatable bonds is 8. The molecule has 4 aromatic rings. The zero-order chi connectivity index (χ0) is 21.9. The highest BCUT2D eigenvalue weighted by Crippen LogP contribution is 2.41. The molecular weight excluding hydrogens is 404 g/mol. The Morgan fingerprint density at radius 1 is 1.03 bits per heavy atom. The van der Waals surface area contributed by atoms with Crippen LogP contribution in [0.4, 0.5) is 11.5 Å². The third kappa shape index (κ3) is 4.25. The normalized spacial score (nSPS) is 13.1. The summed E-state index contributed by atoms with van der Waals surface area (Å²) < 4.78 is 12.8. The molecule has 0 amide bonds. The van der Waals surface area contributed by atoms with Gasteiger partial charge in [0.1, 0.15) is 11.4 Å². The van der Waals surface area contributed by atoms with Gasteiger partial charge in [0, 0.05) is 29.7 Å². The molecule has 1 fully saturated rings. The van der Waals surface area contributed by atoms with Crippen LogP contribution in [0.15, 0.2) is 61.1 Å². The molecule has 0 bridgehead atoms. The van der Waals surface area contributed by atoms with Crippen LogP contribution in [-0.2, 0) is 6.54 Å². The summed E-state index contributed by atoms with van der Waals surface area (Å²) in [5.74, 6) is 3.09. The number of aromatic nitrogens is 5. The van der Waals surface area contributed by atoms with Gasteiger partial charge in [-0.3, -0.25) is 9.67 Å². The van der Waals surface area contributed by atoms with Crippen LogP contribution in [0.25, 0.3) is 11.5 Å². The van der Waals surface area contributed by atoms with Gasteiger partial charge in [0.25, 0.3) is 0 Å². The first-order chi connectivity index (χ1) is 15.7. The second kappa shape index (κ2) is 8.66. The quantitative estimate of drug-likeness (QED) is 0.444. The molecule has 3 aromatic heterocycles. The fourth-order valence-corrected chi connectivity index (χ4v) is 3.58. The molecule has 1 saturated carbocycles. The second-order valence-electron chi connectivity index (χ2n) is 7.71. The molecule has 1 aromatic carbocycles. The number of nitrogens with one attached hydrogen (secondary N) is 1. The Morgan fingerprint density at radius 2 is 1.81 bits per heavy atom. The molecule has 8 heteroatoms. The van der Waals surface area contributed by atoms with E-state index < -0.39 is 0 Å². The van der Waals surface area contributed by atoms with Crippen LogP contribution in [0.1, 0.15) is 30.0 Å². The molecule has 162 valence electrons. The first kappa shape index (κ1) is 20.0. The first-order valence-corrected chi connectivity index (χ1v) is 10.5. The van der Waals surface area contributed by atoms with Gasteiger partial charge in [-0.05, 0) is 48.7 Å². The number of pyridine rings is 1. The van der Waals surface area contributed by atoms with E-state index >= 15 is 0 Å². The largest absolute Gasteiger partial charge is 0.497 e. The van der Waals surface area contributed by atoms with E-state index in [1.807, 2.05) is 24.3 Å². The molecule has 0 saturated heterocycles. The van der Waals surface area contributed by atoms with Gasteiger partial charge < -0.3 is 14.8 Å². The molecule has 1 N–H and O–H groups in total. The average Bonchev–Trinajstić information content (AvgIpc) is 3.60. The highest BCUT2D eigenvalue weighted by atomic mass is 16.5. The number of methoxy groups -OCH3 is 2. The van der Waals surface area contributed by atoms with E-state index in [4.69, 9.17) is 19.6 Å². The van der Waals surface area contributed by atoms with E-state index in [9.17, 15) is 0 Å². The maximum atomic E-state index is 5.44. The molecule has 8 nitrogen and oxygen atoms in total. The SMILES string of the molecule is COc1ccc(Cn2nc(-c3ncc(OC)c(Nc4ccncc4)n3)cc2C2CC2)cc1. The van der Waals surface area contributed by atoms with Crippen molar-refractivity contribution in [2.24, 2.45) is 0 Å². The monoisotopic (exact) mass is 428 g/mol. The molecule has 32 heavy (non-hydrogen) atoms. The minimum Gasteiger partial charge on any atom is -0.497 e. The molecule has 0 aliphatic heterocycles. The van der Waals surface area contributed by atoms with E-state index in [0.29, 0.717) is 29.9 Å². The maximum Gasteiger partial charge on any atom is 0.182 e. The zero-order valence-corrected chi connectivity index (χ0v) is 18.0. The predicted molar refractivity (Wildman–Crippen MR) is 121 cm³/mol. The molecule has 3 heterocycles. The lowest BCUT2D eigenvalue weighted by atomic mass is 10.2. The summed E-state index contributed by atoms with van der Waals surface area (Å²) >= 11 is 0. The summed E-state index contributed by atoms with van der Waals surface area (Å²) in [6, 6.07) is 13.9. The fourth-order valence-electron chi connectivity index (χ4n) is 3.58. The topological polar surface area (TPSA) is 87.0 Å². The summed E-state index contributed by atoms with van der Waals surface area (Å²) in [5.41, 5.74) is 4.00. The second-order valence-corrected chi connectivity index (χ2v) is 7.71. The number of nitrogens with zero attached hydrogens (tertiary/aromatic N) is 5. The van der Waals surface area contributed by atoms with Crippen LogP contribution in [0.3, 0.4) is 0 Å². The van der Waals surface area contributed by atoms with Gasteiger partial charge in [-0.25, -0.2) is 9.97 Å². The summed E-state index contributed by atoms with van der Waals surface area (Å²) in [7, 11) is 3.28. The molecule has 5 rings (SSSR count). The lowest BCUT2D eigenvalue weighted by Gasteiger charge is -2.10. The number of ether oxygens (including phenoxy) is 2. The number of hydrogen-bond donors (Lipinski definition) is 1. The van der Waals surface area contributed by atoms with Crippen LogP contribution in [0.5, 0.6) is 11.5 Å². The Bertz CT molecular complexity index is 1200. The van der Waals surface area contributed by atoms with E-state index in [1.54, 1.807) is 32.8 Å². The molecule has 0 spiro atoms. The van der Waals surface area contributed by atoms with Crippen LogP contribution < -0.4 is 14.8 Å². The third-order valence-corrected chi connectivity index (χ3v) is 5.45. The minimum absolute atomic E-state index is 0.544.